The molecule has 1 aliphatic heterocycles. The molecular formula is C58H40N2OS. The number of anilines is 1. The summed E-state index contributed by atoms with van der Waals surface area (Å²) >= 11 is 1.89. The van der Waals surface area contributed by atoms with Crippen molar-refractivity contribution in [2.45, 2.75) is 24.8 Å². The molecule has 4 heterocycles. The van der Waals surface area contributed by atoms with Crippen LogP contribution in [-0.4, -0.2) is 4.57 Å². The fraction of sp³-hybridized carbons (Fsp3) is 0.0690. The van der Waals surface area contributed by atoms with Crippen LogP contribution in [0.4, 0.5) is 5.69 Å². The van der Waals surface area contributed by atoms with E-state index in [1.807, 2.05) is 11.3 Å². The largest absolute Gasteiger partial charge is 0.456 e. The summed E-state index contributed by atoms with van der Waals surface area (Å²) in [5.41, 5.74) is 15.1. The van der Waals surface area contributed by atoms with Gasteiger partial charge in [-0.25, -0.2) is 0 Å². The lowest BCUT2D eigenvalue weighted by molar-refractivity contribution is 0.558. The van der Waals surface area contributed by atoms with E-state index in [0.29, 0.717) is 5.92 Å². The molecule has 294 valence electrons. The zero-order chi connectivity index (χ0) is 40.7. The Bertz CT molecular complexity index is 3690. The Balaban J connectivity index is 1.00. The Labute approximate surface area is 363 Å². The number of furan rings is 1. The second-order valence-electron chi connectivity index (χ2n) is 16.8. The van der Waals surface area contributed by atoms with Gasteiger partial charge in [-0.3, -0.25) is 0 Å². The van der Waals surface area contributed by atoms with Gasteiger partial charge in [-0.15, -0.1) is 11.3 Å². The molecule has 62 heavy (non-hydrogen) atoms. The Kier molecular flexibility index (Phi) is 8.04. The molecule has 0 radical (unpaired) electrons. The Morgan fingerprint density at radius 3 is 2.15 bits per heavy atom. The van der Waals surface area contributed by atoms with Gasteiger partial charge in [0.1, 0.15) is 11.2 Å². The molecular weight excluding hydrogens is 773 g/mol. The molecule has 4 heteroatoms. The van der Waals surface area contributed by atoms with Crippen LogP contribution in [-0.2, 0) is 6.42 Å². The van der Waals surface area contributed by atoms with Crippen molar-refractivity contribution in [1.29, 1.82) is 0 Å². The van der Waals surface area contributed by atoms with Gasteiger partial charge in [0.25, 0.3) is 0 Å². The first-order valence-electron chi connectivity index (χ1n) is 21.6. The van der Waals surface area contributed by atoms with Crippen molar-refractivity contribution in [3.05, 3.63) is 217 Å². The lowest BCUT2D eigenvalue weighted by Crippen LogP contribution is -2.18. The number of aromatic nitrogens is 1. The van der Waals surface area contributed by atoms with E-state index < -0.39 is 0 Å². The lowest BCUT2D eigenvalue weighted by atomic mass is 9.83. The van der Waals surface area contributed by atoms with Crippen LogP contribution < -0.4 is 5.32 Å². The van der Waals surface area contributed by atoms with Crippen LogP contribution in [0.5, 0.6) is 0 Å². The average Bonchev–Trinajstić information content (AvgIpc) is 3.96. The minimum absolute atomic E-state index is 0.0949. The fourth-order valence-corrected chi connectivity index (χ4v) is 11.7. The van der Waals surface area contributed by atoms with Crippen molar-refractivity contribution in [2.24, 2.45) is 0 Å². The first-order valence-corrected chi connectivity index (χ1v) is 22.4. The summed E-state index contributed by atoms with van der Waals surface area (Å²) < 4.78 is 12.1. The van der Waals surface area contributed by atoms with Crippen LogP contribution in [0.1, 0.15) is 35.1 Å². The molecule has 9 aromatic carbocycles. The molecule has 0 saturated heterocycles. The van der Waals surface area contributed by atoms with E-state index in [4.69, 9.17) is 4.42 Å². The van der Waals surface area contributed by atoms with Gasteiger partial charge in [-0.2, -0.15) is 0 Å². The topological polar surface area (TPSA) is 30.1 Å². The lowest BCUT2D eigenvalue weighted by Gasteiger charge is -2.28. The maximum Gasteiger partial charge on any atom is 0.137 e. The van der Waals surface area contributed by atoms with E-state index in [9.17, 15) is 0 Å². The van der Waals surface area contributed by atoms with Gasteiger partial charge in [-0.05, 0) is 106 Å². The molecule has 13 rings (SSSR count). The molecule has 0 saturated carbocycles. The normalized spacial score (nSPS) is 15.4. The summed E-state index contributed by atoms with van der Waals surface area (Å²) in [6, 6.07) is 73.5. The number of fused-ring (bicyclic) bond motifs is 11. The van der Waals surface area contributed by atoms with Crippen molar-refractivity contribution in [2.75, 3.05) is 5.32 Å². The number of nitrogens with one attached hydrogen (secondary N) is 1. The van der Waals surface area contributed by atoms with Gasteiger partial charge < -0.3 is 14.3 Å². The van der Waals surface area contributed by atoms with Crippen LogP contribution in [0, 0.1) is 0 Å². The molecule has 2 atom stereocenters. The van der Waals surface area contributed by atoms with Crippen LogP contribution in [0.15, 0.2) is 205 Å². The number of rotatable bonds is 5. The van der Waals surface area contributed by atoms with Gasteiger partial charge in [0.2, 0.25) is 0 Å². The zero-order valence-corrected chi connectivity index (χ0v) is 34.7. The van der Waals surface area contributed by atoms with Crippen molar-refractivity contribution in [3.8, 4) is 27.9 Å². The highest BCUT2D eigenvalue weighted by Gasteiger charge is 2.29. The van der Waals surface area contributed by atoms with Crippen molar-refractivity contribution in [3.63, 3.8) is 0 Å². The molecule has 1 N–H and O–H groups in total. The quantitative estimate of drug-likeness (QED) is 0.188. The minimum atomic E-state index is 0.0949. The van der Waals surface area contributed by atoms with Crippen LogP contribution in [0.2, 0.25) is 0 Å². The Hall–Kier alpha value is -7.40. The third-order valence-electron chi connectivity index (χ3n) is 13.3. The van der Waals surface area contributed by atoms with Crippen LogP contribution >= 0.6 is 11.3 Å². The van der Waals surface area contributed by atoms with Gasteiger partial charge in [-0.1, -0.05) is 140 Å². The SMILES string of the molecule is c1ccc(-c2cc(-c3cccc(C4Nc5ccccc5CCC4c4ccccc4)c3)c3c(c2)oc2cc(-n4c5ccccc5c5c6sc7ccccc7c6ccc54)ccc23)cc1. The zero-order valence-electron chi connectivity index (χ0n) is 33.9. The van der Waals surface area contributed by atoms with Gasteiger partial charge in [0, 0.05) is 65.1 Å². The van der Waals surface area contributed by atoms with E-state index in [2.05, 4.69) is 210 Å². The van der Waals surface area contributed by atoms with Gasteiger partial charge in [0.15, 0.2) is 0 Å². The molecule has 0 spiro atoms. The van der Waals surface area contributed by atoms with E-state index in [1.165, 1.54) is 75.5 Å². The number of hydrogen-bond acceptors (Lipinski definition) is 3. The molecule has 2 unspecified atom stereocenters. The first kappa shape index (κ1) is 35.4. The van der Waals surface area contributed by atoms with Crippen LogP contribution in [0.25, 0.3) is 91.9 Å². The highest BCUT2D eigenvalue weighted by Crippen LogP contribution is 2.47. The Morgan fingerprint density at radius 2 is 1.24 bits per heavy atom. The van der Waals surface area contributed by atoms with Crippen molar-refractivity contribution in [1.82, 2.24) is 4.57 Å². The highest BCUT2D eigenvalue weighted by molar-refractivity contribution is 7.26. The molecule has 3 aromatic heterocycles. The smallest absolute Gasteiger partial charge is 0.137 e. The third kappa shape index (κ3) is 5.57. The summed E-state index contributed by atoms with van der Waals surface area (Å²) in [7, 11) is 0. The number of para-hydroxylation sites is 2. The van der Waals surface area contributed by atoms with Crippen LogP contribution in [0.3, 0.4) is 0 Å². The third-order valence-corrected chi connectivity index (χ3v) is 14.5. The van der Waals surface area contributed by atoms with E-state index in [-0.39, 0.29) is 6.04 Å². The molecule has 3 nitrogen and oxygen atoms in total. The summed E-state index contributed by atoms with van der Waals surface area (Å²) in [4.78, 5) is 0. The molecule has 1 aliphatic rings. The molecule has 0 fully saturated rings. The molecule has 12 aromatic rings. The van der Waals surface area contributed by atoms with Gasteiger partial charge >= 0.3 is 0 Å². The maximum absolute atomic E-state index is 7.00. The number of hydrogen-bond donors (Lipinski definition) is 1. The summed E-state index contributed by atoms with van der Waals surface area (Å²) in [6.07, 6.45) is 2.10. The van der Waals surface area contributed by atoms with E-state index in [0.717, 1.165) is 51.6 Å². The predicted molar refractivity (Wildman–Crippen MR) is 262 cm³/mol. The fourth-order valence-electron chi connectivity index (χ4n) is 10.5. The van der Waals surface area contributed by atoms with E-state index >= 15 is 0 Å². The van der Waals surface area contributed by atoms with Gasteiger partial charge in [0.05, 0.1) is 17.1 Å². The molecule has 0 amide bonds. The number of thiophene rings is 1. The monoisotopic (exact) mass is 812 g/mol. The average molecular weight is 813 g/mol. The summed E-state index contributed by atoms with van der Waals surface area (Å²) in [5, 5.41) is 11.5. The van der Waals surface area contributed by atoms with E-state index in [1.54, 1.807) is 0 Å². The second kappa shape index (κ2) is 14.1. The molecule has 0 aliphatic carbocycles. The second-order valence-corrected chi connectivity index (χ2v) is 17.8. The highest BCUT2D eigenvalue weighted by atomic mass is 32.1. The summed E-state index contributed by atoms with van der Waals surface area (Å²) in [6.45, 7) is 0. The Morgan fingerprint density at radius 1 is 0.500 bits per heavy atom. The minimum Gasteiger partial charge on any atom is -0.456 e. The number of nitrogens with zero attached hydrogens (tertiary/aromatic N) is 1. The standard InChI is InChI=1S/C58H40N2OS/c1-3-14-36(15-4-1)41-33-48(39-19-13-20-40(32-39)57-43(37-16-5-2-6-17-37)28-26-38-18-7-10-23-49(38)59-57)55-47-29-27-42(35-52(47)61-53(55)34-41)60-50-24-11-8-22-46(50)56-51(60)31-30-45-44-21-9-12-25-54(44)62-58(45)56/h1-25,27,29-35,43,57,59H,26,28H2. The summed E-state index contributed by atoms with van der Waals surface area (Å²) in [5.74, 6) is 0.304. The number of benzene rings is 9. The predicted octanol–water partition coefficient (Wildman–Crippen LogP) is 16.3. The molecule has 0 bridgehead atoms. The van der Waals surface area contributed by atoms with Crippen molar-refractivity contribution >= 4 is 80.9 Å². The maximum atomic E-state index is 7.00. The van der Waals surface area contributed by atoms with Crippen molar-refractivity contribution < 1.29 is 4.42 Å². The first-order chi connectivity index (χ1) is 30.7. The number of aryl methyl sites for hydroxylation is 1.